The molecule has 25 heavy (non-hydrogen) atoms. The highest BCUT2D eigenvalue weighted by Gasteiger charge is 2.31. The maximum Gasteiger partial charge on any atom is 0.274 e. The average molecular weight is 341 g/mol. The lowest BCUT2D eigenvalue weighted by atomic mass is 9.93. The van der Waals surface area contributed by atoms with Crippen LogP contribution in [-0.4, -0.2) is 43.6 Å². The predicted molar refractivity (Wildman–Crippen MR) is 92.6 cm³/mol. The van der Waals surface area contributed by atoms with Gasteiger partial charge in [0.1, 0.15) is 0 Å². The average Bonchev–Trinajstić information content (AvgIpc) is 2.98. The van der Waals surface area contributed by atoms with Crippen molar-refractivity contribution >= 4 is 5.91 Å². The molecule has 2 aliphatic rings. The van der Waals surface area contributed by atoms with Crippen molar-refractivity contribution in [1.82, 2.24) is 24.6 Å². The van der Waals surface area contributed by atoms with Gasteiger partial charge in [0.25, 0.3) is 11.5 Å². The number of hydrogen-bond donors (Lipinski definition) is 1. The number of aromatic nitrogens is 4. The molecule has 1 saturated heterocycles. The first-order chi connectivity index (χ1) is 12.1. The zero-order valence-corrected chi connectivity index (χ0v) is 14.5. The molecule has 1 fully saturated rings. The van der Waals surface area contributed by atoms with Crippen molar-refractivity contribution in [3.8, 4) is 0 Å². The number of amides is 1. The van der Waals surface area contributed by atoms with E-state index >= 15 is 0 Å². The molecule has 0 aromatic carbocycles. The van der Waals surface area contributed by atoms with Crippen molar-refractivity contribution in [2.24, 2.45) is 7.05 Å². The van der Waals surface area contributed by atoms with Crippen LogP contribution < -0.4 is 5.56 Å². The first kappa shape index (κ1) is 16.1. The van der Waals surface area contributed by atoms with Gasteiger partial charge in [-0.1, -0.05) is 0 Å². The molecule has 1 aliphatic carbocycles. The number of H-pyrrole nitrogens is 1. The fraction of sp³-hybridized carbons (Fsp3) is 0.556. The third-order valence-corrected chi connectivity index (χ3v) is 5.39. The maximum atomic E-state index is 13.1. The zero-order valence-electron chi connectivity index (χ0n) is 14.5. The molecule has 7 nitrogen and oxygen atoms in total. The summed E-state index contributed by atoms with van der Waals surface area (Å²) in [5.41, 5.74) is 3.59. The third kappa shape index (κ3) is 2.99. The Morgan fingerprint density at radius 3 is 2.96 bits per heavy atom. The van der Waals surface area contributed by atoms with E-state index in [1.165, 1.54) is 18.4 Å². The Hall–Kier alpha value is -2.44. The van der Waals surface area contributed by atoms with Crippen LogP contribution in [0.15, 0.2) is 17.2 Å². The standard InChI is InChI=1S/C18H23N5O2/c1-22-15-7-3-2-6-13(15)17(21-22)18(25)23-8-4-5-12(10-23)14-9-16(24)20-11-19-14/h9,11-12H,2-8,10H2,1H3,(H,19,20,24). The van der Waals surface area contributed by atoms with E-state index < -0.39 is 0 Å². The third-order valence-electron chi connectivity index (χ3n) is 5.39. The minimum Gasteiger partial charge on any atom is -0.337 e. The van der Waals surface area contributed by atoms with Gasteiger partial charge in [-0.2, -0.15) is 5.10 Å². The summed E-state index contributed by atoms with van der Waals surface area (Å²) < 4.78 is 1.88. The Labute approximate surface area is 146 Å². The van der Waals surface area contributed by atoms with Crippen LogP contribution in [0.4, 0.5) is 0 Å². The fourth-order valence-corrected chi connectivity index (χ4v) is 4.10. The molecule has 0 bridgehead atoms. The summed E-state index contributed by atoms with van der Waals surface area (Å²) in [6, 6.07) is 1.54. The van der Waals surface area contributed by atoms with Gasteiger partial charge in [0.05, 0.1) is 12.0 Å². The number of nitrogens with one attached hydrogen (secondary N) is 1. The van der Waals surface area contributed by atoms with Crippen molar-refractivity contribution < 1.29 is 4.79 Å². The molecule has 1 atom stereocenters. The molecular weight excluding hydrogens is 318 g/mol. The normalized spacial score (nSPS) is 20.4. The molecule has 0 saturated carbocycles. The van der Waals surface area contributed by atoms with Crippen LogP contribution in [0, 0.1) is 0 Å². The Morgan fingerprint density at radius 2 is 2.12 bits per heavy atom. The Morgan fingerprint density at radius 1 is 1.28 bits per heavy atom. The number of hydrogen-bond acceptors (Lipinski definition) is 4. The monoisotopic (exact) mass is 341 g/mol. The quantitative estimate of drug-likeness (QED) is 0.895. The highest BCUT2D eigenvalue weighted by Crippen LogP contribution is 2.28. The summed E-state index contributed by atoms with van der Waals surface area (Å²) >= 11 is 0. The second kappa shape index (κ2) is 6.46. The lowest BCUT2D eigenvalue weighted by molar-refractivity contribution is 0.0698. The first-order valence-corrected chi connectivity index (χ1v) is 9.02. The van der Waals surface area contributed by atoms with Crippen LogP contribution >= 0.6 is 0 Å². The molecule has 1 aliphatic heterocycles. The van der Waals surface area contributed by atoms with Crippen molar-refractivity contribution in [3.05, 3.63) is 45.4 Å². The number of aryl methyl sites for hydroxylation is 1. The lowest BCUT2D eigenvalue weighted by Gasteiger charge is -2.32. The van der Waals surface area contributed by atoms with Crippen molar-refractivity contribution in [3.63, 3.8) is 0 Å². The van der Waals surface area contributed by atoms with Gasteiger partial charge in [0.2, 0.25) is 0 Å². The number of carbonyl (C=O) groups excluding carboxylic acids is 1. The fourth-order valence-electron chi connectivity index (χ4n) is 4.10. The molecule has 2 aromatic rings. The van der Waals surface area contributed by atoms with Gasteiger partial charge in [-0.05, 0) is 38.5 Å². The number of aromatic amines is 1. The molecule has 1 amide bonds. The van der Waals surface area contributed by atoms with Crippen LogP contribution in [0.2, 0.25) is 0 Å². The Bertz CT molecular complexity index is 853. The first-order valence-electron chi connectivity index (χ1n) is 9.02. The molecule has 3 heterocycles. The van der Waals surface area contributed by atoms with Gasteiger partial charge in [-0.15, -0.1) is 0 Å². The maximum absolute atomic E-state index is 13.1. The van der Waals surface area contributed by atoms with Crippen molar-refractivity contribution in [2.45, 2.75) is 44.4 Å². The van der Waals surface area contributed by atoms with Crippen LogP contribution in [-0.2, 0) is 19.9 Å². The van der Waals surface area contributed by atoms with Crippen molar-refractivity contribution in [1.29, 1.82) is 0 Å². The number of nitrogens with zero attached hydrogens (tertiary/aromatic N) is 4. The van der Waals surface area contributed by atoms with Crippen LogP contribution in [0.3, 0.4) is 0 Å². The molecule has 4 rings (SSSR count). The summed E-state index contributed by atoms with van der Waals surface area (Å²) in [5.74, 6) is 0.132. The van der Waals surface area contributed by atoms with E-state index in [1.54, 1.807) is 6.07 Å². The summed E-state index contributed by atoms with van der Waals surface area (Å²) in [4.78, 5) is 33.4. The summed E-state index contributed by atoms with van der Waals surface area (Å²) in [7, 11) is 1.93. The van der Waals surface area contributed by atoms with Crippen molar-refractivity contribution in [2.75, 3.05) is 13.1 Å². The van der Waals surface area contributed by atoms with Gasteiger partial charge in [0, 0.05) is 43.4 Å². The van der Waals surface area contributed by atoms with E-state index in [4.69, 9.17) is 0 Å². The van der Waals surface area contributed by atoms with Gasteiger partial charge in [0.15, 0.2) is 5.69 Å². The summed E-state index contributed by atoms with van der Waals surface area (Å²) in [6.07, 6.45) is 7.54. The van der Waals surface area contributed by atoms with Gasteiger partial charge >= 0.3 is 0 Å². The largest absolute Gasteiger partial charge is 0.337 e. The minimum absolute atomic E-state index is 0.0216. The van der Waals surface area contributed by atoms with E-state index in [1.807, 2.05) is 16.6 Å². The number of likely N-dealkylation sites (tertiary alicyclic amines) is 1. The second-order valence-corrected chi connectivity index (χ2v) is 7.03. The van der Waals surface area contributed by atoms with E-state index in [0.717, 1.165) is 49.9 Å². The van der Waals surface area contributed by atoms with E-state index in [-0.39, 0.29) is 17.4 Å². The van der Waals surface area contributed by atoms with Crippen LogP contribution in [0.25, 0.3) is 0 Å². The molecule has 0 spiro atoms. The Balaban J connectivity index is 1.57. The highest BCUT2D eigenvalue weighted by molar-refractivity contribution is 5.94. The van der Waals surface area contributed by atoms with Gasteiger partial charge < -0.3 is 9.88 Å². The summed E-state index contributed by atoms with van der Waals surface area (Å²) in [5, 5.41) is 4.53. The summed E-state index contributed by atoms with van der Waals surface area (Å²) in [6.45, 7) is 1.34. The van der Waals surface area contributed by atoms with Crippen LogP contribution in [0.5, 0.6) is 0 Å². The molecule has 7 heteroatoms. The number of piperidine rings is 1. The SMILES string of the molecule is Cn1nc(C(=O)N2CCCC(c3cc(=O)[nH]cn3)C2)c2c1CCCC2. The lowest BCUT2D eigenvalue weighted by Crippen LogP contribution is -2.40. The second-order valence-electron chi connectivity index (χ2n) is 7.03. The number of fused-ring (bicyclic) bond motifs is 1. The number of carbonyl (C=O) groups is 1. The predicted octanol–water partition coefficient (Wildman–Crippen LogP) is 1.40. The molecular formula is C18H23N5O2. The van der Waals surface area contributed by atoms with Crippen LogP contribution in [0.1, 0.15) is 59.0 Å². The van der Waals surface area contributed by atoms with E-state index in [0.29, 0.717) is 12.2 Å². The minimum atomic E-state index is -0.146. The smallest absolute Gasteiger partial charge is 0.274 e. The van der Waals surface area contributed by atoms with E-state index in [2.05, 4.69) is 15.1 Å². The molecule has 1 unspecified atom stereocenters. The van der Waals surface area contributed by atoms with Gasteiger partial charge in [-0.25, -0.2) is 4.98 Å². The molecule has 0 radical (unpaired) electrons. The topological polar surface area (TPSA) is 83.9 Å². The molecule has 2 aromatic heterocycles. The number of rotatable bonds is 2. The Kier molecular flexibility index (Phi) is 4.15. The van der Waals surface area contributed by atoms with E-state index in [9.17, 15) is 9.59 Å². The highest BCUT2D eigenvalue weighted by atomic mass is 16.2. The molecule has 1 N–H and O–H groups in total. The van der Waals surface area contributed by atoms with Gasteiger partial charge in [-0.3, -0.25) is 14.3 Å². The molecule has 132 valence electrons. The zero-order chi connectivity index (χ0) is 17.4.